The van der Waals surface area contributed by atoms with Gasteiger partial charge in [-0.15, -0.1) is 0 Å². The Morgan fingerprint density at radius 1 is 0.590 bits per heavy atom. The molecule has 7 rings (SSSR count). The van der Waals surface area contributed by atoms with Crippen LogP contribution in [0.5, 0.6) is 0 Å². The number of H-pyrrole nitrogens is 2. The Kier molecular flexibility index (Phi) is 26.3. The molecule has 21 N–H and O–H groups in total. The molecule has 3 aromatic carbocycles. The van der Waals surface area contributed by atoms with Crippen molar-refractivity contribution in [3.8, 4) is 0 Å². The summed E-state index contributed by atoms with van der Waals surface area (Å²) < 4.78 is 96.2. The summed E-state index contributed by atoms with van der Waals surface area (Å²) in [6, 6.07) is 3.79. The molecule has 0 saturated heterocycles. The van der Waals surface area contributed by atoms with Crippen LogP contribution in [0.25, 0.3) is 21.8 Å². The number of hydrogen-bond donors (Lipinski definition) is 19. The number of aromatic nitrogens is 6. The molecule has 0 aliphatic carbocycles. The van der Waals surface area contributed by atoms with Gasteiger partial charge in [-0.3, -0.25) is 52.5 Å². The van der Waals surface area contributed by atoms with Gasteiger partial charge in [-0.1, -0.05) is 29.8 Å². The number of hydrogen-bond acceptors (Lipinski definition) is 23. The number of anilines is 2. The van der Waals surface area contributed by atoms with Gasteiger partial charge in [0, 0.05) is 107 Å². The van der Waals surface area contributed by atoms with Gasteiger partial charge in [0.2, 0.25) is 44.5 Å². The maximum Gasteiger partial charge on any atom is 0.323 e. The normalized spacial score (nSPS) is 13.4. The summed E-state index contributed by atoms with van der Waals surface area (Å²) in [6.07, 6.45) is 7.44. The van der Waals surface area contributed by atoms with Gasteiger partial charge in [0.1, 0.15) is 41.0 Å². The predicted molar refractivity (Wildman–Crippen MR) is 364 cm³/mol. The number of pyridine rings is 2. The van der Waals surface area contributed by atoms with Crippen LogP contribution in [0.3, 0.4) is 0 Å². The molecule has 100 heavy (non-hydrogen) atoms. The fourth-order valence-electron chi connectivity index (χ4n) is 10.5. The van der Waals surface area contributed by atoms with Crippen LogP contribution in [-0.2, 0) is 75.1 Å². The second-order valence-electron chi connectivity index (χ2n) is 23.2. The first kappa shape index (κ1) is 77.2. The minimum Gasteiger partial charge on any atom is -0.480 e. The van der Waals surface area contributed by atoms with E-state index in [1.807, 2.05) is 0 Å². The van der Waals surface area contributed by atoms with Gasteiger partial charge in [-0.05, 0) is 86.6 Å². The molecular formula is C60H77N17O20S3. The van der Waals surface area contributed by atoms with Crippen LogP contribution in [-0.4, -0.2) is 190 Å². The molecule has 4 heterocycles. The summed E-state index contributed by atoms with van der Waals surface area (Å²) in [4.78, 5) is 146. The van der Waals surface area contributed by atoms with Crippen molar-refractivity contribution in [3.63, 3.8) is 0 Å². The van der Waals surface area contributed by atoms with Crippen LogP contribution < -0.4 is 69.6 Å². The third-order valence-electron chi connectivity index (χ3n) is 15.3. The first-order chi connectivity index (χ1) is 47.1. The van der Waals surface area contributed by atoms with E-state index >= 15 is 0 Å². The smallest absolute Gasteiger partial charge is 0.323 e. The highest BCUT2D eigenvalue weighted by Gasteiger charge is 2.33. The number of benzene rings is 3. The molecule has 0 saturated carbocycles. The van der Waals surface area contributed by atoms with Crippen LogP contribution in [0.1, 0.15) is 74.2 Å². The molecular weight excluding hydrogens is 1370 g/mol. The van der Waals surface area contributed by atoms with Crippen molar-refractivity contribution in [2.45, 2.75) is 108 Å². The van der Waals surface area contributed by atoms with E-state index in [0.29, 0.717) is 39.7 Å². The molecule has 0 spiro atoms. The quantitative estimate of drug-likeness (QED) is 0.0166. The molecule has 0 fully saturated rings. The largest absolute Gasteiger partial charge is 0.480 e. The number of amides is 6. The maximum atomic E-state index is 14.0. The van der Waals surface area contributed by atoms with E-state index in [9.17, 15) is 93.2 Å². The van der Waals surface area contributed by atoms with E-state index in [-0.39, 0.29) is 78.9 Å². The highest BCUT2D eigenvalue weighted by atomic mass is 32.3. The summed E-state index contributed by atoms with van der Waals surface area (Å²) in [7, 11) is -14.0. The molecule has 5 atom stereocenters. The number of rotatable bonds is 37. The molecule has 37 nitrogen and oxygen atoms in total. The molecule has 7 aromatic rings. The molecule has 0 radical (unpaired) electrons. The number of nitrogens with two attached hydrogens (primary N) is 2. The fraction of sp³-hybridized carbons (Fsp3) is 0.367. The van der Waals surface area contributed by atoms with Crippen molar-refractivity contribution >= 4 is 112 Å². The van der Waals surface area contributed by atoms with Gasteiger partial charge in [-0.25, -0.2) is 18.4 Å². The van der Waals surface area contributed by atoms with Crippen LogP contribution >= 0.6 is 10.9 Å². The average molecular weight is 1450 g/mol. The maximum absolute atomic E-state index is 14.0. The molecule has 0 aliphatic rings. The second kappa shape index (κ2) is 34.1. The van der Waals surface area contributed by atoms with Crippen molar-refractivity contribution < 1.29 is 83.6 Å². The minimum absolute atomic E-state index is 0.00506. The van der Waals surface area contributed by atoms with Crippen molar-refractivity contribution in [1.29, 1.82) is 0 Å². The van der Waals surface area contributed by atoms with Gasteiger partial charge in [0.25, 0.3) is 21.9 Å². The number of aromatic amines is 2. The summed E-state index contributed by atoms with van der Waals surface area (Å²) >= 11 is 0. The van der Waals surface area contributed by atoms with Crippen molar-refractivity contribution in [3.05, 3.63) is 145 Å². The van der Waals surface area contributed by atoms with Gasteiger partial charge < -0.3 is 97.0 Å². The lowest BCUT2D eigenvalue weighted by Gasteiger charge is -2.26. The summed E-state index contributed by atoms with van der Waals surface area (Å²) in [6.45, 7) is 3.38. The van der Waals surface area contributed by atoms with Gasteiger partial charge in [0.15, 0.2) is 11.9 Å². The number of sulfonamides is 1. The number of carboxylic acid groups (broad SMARTS) is 2. The fourth-order valence-corrected chi connectivity index (χ4v) is 13.5. The van der Waals surface area contributed by atoms with Crippen LogP contribution in [0.2, 0.25) is 0 Å². The summed E-state index contributed by atoms with van der Waals surface area (Å²) in [5.74, 6) is -11.0. The number of nitrogens with zero attached hydrogens (tertiary/aromatic N) is 4. The first-order valence-electron chi connectivity index (χ1n) is 30.6. The lowest BCUT2D eigenvalue weighted by molar-refractivity contribution is -0.139. The van der Waals surface area contributed by atoms with Crippen molar-refractivity contribution in [2.75, 3.05) is 48.3 Å². The third kappa shape index (κ3) is 21.9. The zero-order chi connectivity index (χ0) is 73.4. The SMILES string of the molecule is Cc1cc(C)c(S(=O)(=O)N[C@@H](CNC(=O)c2cn(CCCNC(=O)[C@H](CS(=O)(=O)O)NC(=O)[C@@H](N)CCC(=O)N[C@@H](CS(O)(O)O)C(=O)NCCCn3cc(C(=O)NC[C@H](N)C(=O)O)c(=O)c4ccc(CNc5ncc[nH]5)cc43)c3cc(CNc4ncc[nH]4)ccc3c2=O)C(=O)O)c(C)c1. The topological polar surface area (TPSA) is 588 Å². The zero-order valence-electron chi connectivity index (χ0n) is 53.9. The second-order valence-corrected chi connectivity index (χ2v) is 27.9. The molecule has 0 aliphatic heterocycles. The number of imidazole rings is 2. The van der Waals surface area contributed by atoms with Crippen LogP contribution in [0, 0.1) is 20.8 Å². The number of carboxylic acids is 2. The Morgan fingerprint density at radius 3 is 1.51 bits per heavy atom. The number of carbonyl (C=O) groups excluding carboxylic acids is 6. The van der Waals surface area contributed by atoms with E-state index < -0.39 is 162 Å². The molecule has 0 bridgehead atoms. The number of aliphatic carboxylic acids is 2. The Hall–Kier alpha value is -10.2. The van der Waals surface area contributed by atoms with Crippen molar-refractivity contribution in [1.82, 2.24) is 65.7 Å². The zero-order valence-corrected chi connectivity index (χ0v) is 56.4. The van der Waals surface area contributed by atoms with E-state index in [1.165, 1.54) is 46.1 Å². The number of nitrogens with one attached hydrogen (secondary N) is 11. The molecule has 540 valence electrons. The molecule has 6 amide bonds. The lowest BCUT2D eigenvalue weighted by atomic mass is 10.1. The first-order valence-corrected chi connectivity index (χ1v) is 35.3. The van der Waals surface area contributed by atoms with Crippen LogP contribution in [0.15, 0.2) is 100 Å². The molecule has 4 aromatic heterocycles. The predicted octanol–water partition coefficient (Wildman–Crippen LogP) is -0.883. The van der Waals surface area contributed by atoms with Gasteiger partial charge in [0.05, 0.1) is 38.6 Å². The summed E-state index contributed by atoms with van der Waals surface area (Å²) in [5.41, 5.74) is 12.7. The average Bonchev–Trinajstić information content (AvgIpc) is 0.836. The number of carbonyl (C=O) groups is 8. The monoisotopic (exact) mass is 1450 g/mol. The van der Waals surface area contributed by atoms with E-state index in [2.05, 4.69) is 67.2 Å². The highest BCUT2D eigenvalue weighted by Crippen LogP contribution is 2.33. The van der Waals surface area contributed by atoms with Crippen molar-refractivity contribution in [2.24, 2.45) is 11.5 Å². The third-order valence-corrected chi connectivity index (χ3v) is 18.6. The lowest BCUT2D eigenvalue weighted by Crippen LogP contribution is -2.54. The number of aryl methyl sites for hydroxylation is 5. The Labute approximate surface area is 571 Å². The Bertz CT molecular complexity index is 4520. The Balaban J connectivity index is 0.967. The minimum atomic E-state index is -5.01. The molecule has 40 heteroatoms. The van der Waals surface area contributed by atoms with E-state index in [1.54, 1.807) is 69.6 Å². The van der Waals surface area contributed by atoms with E-state index in [4.69, 9.17) is 11.5 Å². The highest BCUT2D eigenvalue weighted by molar-refractivity contribution is 8.19. The molecule has 0 unspecified atom stereocenters. The Morgan fingerprint density at radius 2 is 1.07 bits per heavy atom. The summed E-state index contributed by atoms with van der Waals surface area (Å²) in [5, 5.41) is 39.5. The van der Waals surface area contributed by atoms with Gasteiger partial charge in [-0.2, -0.15) is 13.1 Å². The standard InChI is InChI=1S/C60H77N17O20S3/c1-32-20-33(2)51(34(3)21-32)100(96,97)75-43(58(88)89)27-70-53(82)40-29-77(47-23-36(7-9-38(47)50(40)80)25-72-60-67-16-17-68-60)19-5-13-64-56(85)45(31-99(93,94)95)74-54(83)41(61)10-11-48(78)73-44(30-98(90,91)92)55(84)63-12-4-18-76-28-39(52(81)69-26-42(62)57(86)87)49(79)37-8-6-35(22-46(37)76)24-71-59-65-14-15-66-59/h6-9,14-17,20-23,28-29,41-45,75,90-92H,4-5,10-13,18-19,24-27,30-31,61-62H2,1-3H3,(H,63,84)(H,64,85)(H,69,81)(H,70,82)(H,73,78)(H,74,83)(H,86,87)(H,88,89)(H2,65,66,71)(H2,67,68,72)(H,93,94,95)/t41-,42-,43-,44-,45-/m0/s1. The number of fused-ring (bicyclic) bond motifs is 2. The van der Waals surface area contributed by atoms with Gasteiger partial charge >= 0.3 is 11.9 Å². The van der Waals surface area contributed by atoms with E-state index in [0.717, 1.165) is 5.56 Å². The van der Waals surface area contributed by atoms with Crippen LogP contribution in [0.4, 0.5) is 11.9 Å².